The van der Waals surface area contributed by atoms with Gasteiger partial charge in [-0.25, -0.2) is 4.79 Å². The zero-order chi connectivity index (χ0) is 16.7. The molecule has 2 aromatic heterocycles. The van der Waals surface area contributed by atoms with E-state index in [9.17, 15) is 19.7 Å². The van der Waals surface area contributed by atoms with E-state index in [1.807, 2.05) is 0 Å². The minimum absolute atomic E-state index is 0.0602. The van der Waals surface area contributed by atoms with E-state index in [0.717, 1.165) is 4.68 Å². The highest BCUT2D eigenvalue weighted by Crippen LogP contribution is 2.22. The summed E-state index contributed by atoms with van der Waals surface area (Å²) in [4.78, 5) is 35.0. The molecule has 8 heteroatoms. The molecule has 0 bridgehead atoms. The van der Waals surface area contributed by atoms with Gasteiger partial charge >= 0.3 is 11.3 Å². The van der Waals surface area contributed by atoms with Gasteiger partial charge in [0, 0.05) is 5.39 Å². The number of hydrogen-bond donors (Lipinski definition) is 0. The van der Waals surface area contributed by atoms with Crippen molar-refractivity contribution in [3.05, 3.63) is 67.8 Å². The van der Waals surface area contributed by atoms with Gasteiger partial charge in [-0.15, -0.1) is 0 Å². The van der Waals surface area contributed by atoms with Crippen LogP contribution in [0.4, 0.5) is 5.69 Å². The van der Waals surface area contributed by atoms with Gasteiger partial charge in [0.25, 0.3) is 5.91 Å². The van der Waals surface area contributed by atoms with Crippen LogP contribution in [-0.4, -0.2) is 20.6 Å². The van der Waals surface area contributed by atoms with Crippen molar-refractivity contribution in [2.45, 2.75) is 13.8 Å². The number of carbonyl (C=O) groups excluding carboxylic acids is 1. The molecule has 0 saturated heterocycles. The minimum atomic E-state index is -0.816. The Balaban J connectivity index is 2.18. The van der Waals surface area contributed by atoms with E-state index >= 15 is 0 Å². The van der Waals surface area contributed by atoms with Gasteiger partial charge in [0.15, 0.2) is 0 Å². The van der Waals surface area contributed by atoms with E-state index < -0.39 is 16.5 Å². The fourth-order valence-corrected chi connectivity index (χ4v) is 2.42. The first-order valence-corrected chi connectivity index (χ1v) is 6.68. The Hall–Kier alpha value is -3.29. The summed E-state index contributed by atoms with van der Waals surface area (Å²) >= 11 is 0. The monoisotopic (exact) mass is 313 g/mol. The van der Waals surface area contributed by atoms with Gasteiger partial charge in [0.1, 0.15) is 22.5 Å². The number of hydrogen-bond acceptors (Lipinski definition) is 6. The predicted octanol–water partition coefficient (Wildman–Crippen LogP) is 2.20. The van der Waals surface area contributed by atoms with Crippen molar-refractivity contribution in [3.8, 4) is 0 Å². The molecule has 0 spiro atoms. The lowest BCUT2D eigenvalue weighted by molar-refractivity contribution is -0.386. The van der Waals surface area contributed by atoms with E-state index in [-0.39, 0.29) is 22.6 Å². The molecule has 0 aliphatic carbocycles. The molecular formula is C15H11N3O5. The van der Waals surface area contributed by atoms with E-state index in [1.165, 1.54) is 19.9 Å². The van der Waals surface area contributed by atoms with Gasteiger partial charge in [-0.3, -0.25) is 14.9 Å². The maximum atomic E-state index is 12.5. The lowest BCUT2D eigenvalue weighted by Crippen LogP contribution is -2.22. The topological polar surface area (TPSA) is 108 Å². The molecule has 116 valence electrons. The number of nitro groups is 1. The van der Waals surface area contributed by atoms with Crippen LogP contribution in [0.1, 0.15) is 21.7 Å². The SMILES string of the molecule is Cc1nn(C(=O)c2cc3ccccc3oc2=O)c(C)c1[N+](=O)[O-]. The zero-order valence-corrected chi connectivity index (χ0v) is 12.3. The molecule has 0 aliphatic heterocycles. The Morgan fingerprint density at radius 1 is 1.30 bits per heavy atom. The summed E-state index contributed by atoms with van der Waals surface area (Å²) in [6.07, 6.45) is 0. The maximum Gasteiger partial charge on any atom is 0.349 e. The van der Waals surface area contributed by atoms with Crippen molar-refractivity contribution < 1.29 is 14.1 Å². The quantitative estimate of drug-likeness (QED) is 0.407. The normalized spacial score (nSPS) is 10.9. The number of benzene rings is 1. The van der Waals surface area contributed by atoms with Gasteiger partial charge in [-0.1, -0.05) is 18.2 Å². The molecule has 3 rings (SSSR count). The first-order chi connectivity index (χ1) is 10.9. The van der Waals surface area contributed by atoms with Crippen molar-refractivity contribution in [1.82, 2.24) is 9.78 Å². The summed E-state index contributed by atoms with van der Waals surface area (Å²) in [5.41, 5.74) is -0.777. The second-order valence-electron chi connectivity index (χ2n) is 4.98. The average molecular weight is 313 g/mol. The lowest BCUT2D eigenvalue weighted by atomic mass is 10.2. The summed E-state index contributed by atoms with van der Waals surface area (Å²) in [7, 11) is 0. The van der Waals surface area contributed by atoms with Crippen molar-refractivity contribution >= 4 is 22.6 Å². The van der Waals surface area contributed by atoms with E-state index in [0.29, 0.717) is 11.0 Å². The molecule has 2 heterocycles. The largest absolute Gasteiger partial charge is 0.422 e. The first kappa shape index (κ1) is 14.6. The molecule has 3 aromatic rings. The number of carbonyl (C=O) groups is 1. The van der Waals surface area contributed by atoms with Crippen molar-refractivity contribution in [2.24, 2.45) is 0 Å². The van der Waals surface area contributed by atoms with Crippen LogP contribution in [0.3, 0.4) is 0 Å². The van der Waals surface area contributed by atoms with E-state index in [4.69, 9.17) is 4.42 Å². The number of nitrogens with zero attached hydrogens (tertiary/aromatic N) is 3. The molecule has 8 nitrogen and oxygen atoms in total. The summed E-state index contributed by atoms with van der Waals surface area (Å²) in [6.45, 7) is 2.83. The van der Waals surface area contributed by atoms with Crippen LogP contribution >= 0.6 is 0 Å². The Bertz CT molecular complexity index is 1020. The minimum Gasteiger partial charge on any atom is -0.422 e. The number of para-hydroxylation sites is 1. The molecule has 0 aliphatic rings. The molecular weight excluding hydrogens is 302 g/mol. The van der Waals surface area contributed by atoms with Gasteiger partial charge in [0.05, 0.1) is 4.92 Å². The number of aromatic nitrogens is 2. The summed E-state index contributed by atoms with van der Waals surface area (Å²) in [6, 6.07) is 8.14. The number of rotatable bonds is 2. The molecule has 1 aromatic carbocycles. The summed E-state index contributed by atoms with van der Waals surface area (Å²) in [5.74, 6) is -0.766. The van der Waals surface area contributed by atoms with E-state index in [2.05, 4.69) is 5.10 Å². The fourth-order valence-electron chi connectivity index (χ4n) is 2.42. The first-order valence-electron chi connectivity index (χ1n) is 6.68. The molecule has 0 saturated carbocycles. The van der Waals surface area contributed by atoms with E-state index in [1.54, 1.807) is 24.3 Å². The summed E-state index contributed by atoms with van der Waals surface area (Å²) in [5, 5.41) is 15.5. The van der Waals surface area contributed by atoms with Crippen LogP contribution < -0.4 is 5.63 Å². The smallest absolute Gasteiger partial charge is 0.349 e. The molecule has 0 atom stereocenters. The van der Waals surface area contributed by atoms with Gasteiger partial charge < -0.3 is 4.42 Å². The highest BCUT2D eigenvalue weighted by molar-refractivity contribution is 5.98. The van der Waals surface area contributed by atoms with Crippen LogP contribution in [-0.2, 0) is 0 Å². The Morgan fingerprint density at radius 3 is 2.65 bits per heavy atom. The van der Waals surface area contributed by atoms with Crippen LogP contribution in [0, 0.1) is 24.0 Å². The van der Waals surface area contributed by atoms with Gasteiger partial charge in [0.2, 0.25) is 0 Å². The highest BCUT2D eigenvalue weighted by atomic mass is 16.6. The van der Waals surface area contributed by atoms with Crippen molar-refractivity contribution in [2.75, 3.05) is 0 Å². The van der Waals surface area contributed by atoms with Crippen molar-refractivity contribution in [3.63, 3.8) is 0 Å². The lowest BCUT2D eigenvalue weighted by Gasteiger charge is -2.03. The Kier molecular flexibility index (Phi) is 3.29. The molecule has 0 radical (unpaired) electrons. The molecule has 0 unspecified atom stereocenters. The highest BCUT2D eigenvalue weighted by Gasteiger charge is 2.27. The fraction of sp³-hybridized carbons (Fsp3) is 0.133. The predicted molar refractivity (Wildman–Crippen MR) is 80.6 cm³/mol. The molecule has 23 heavy (non-hydrogen) atoms. The number of aryl methyl sites for hydroxylation is 1. The summed E-state index contributed by atoms with van der Waals surface area (Å²) < 4.78 is 5.96. The molecule has 0 fully saturated rings. The van der Waals surface area contributed by atoms with Gasteiger partial charge in [-0.05, 0) is 26.0 Å². The average Bonchev–Trinajstić information content (AvgIpc) is 2.80. The standard InChI is InChI=1S/C15H11N3O5/c1-8-13(18(21)22)9(2)17(16-8)14(19)11-7-10-5-3-4-6-12(10)23-15(11)20/h3-7H,1-2H3. The van der Waals surface area contributed by atoms with Crippen LogP contribution in [0.2, 0.25) is 0 Å². The third-order valence-corrected chi connectivity index (χ3v) is 3.50. The van der Waals surface area contributed by atoms with Crippen LogP contribution in [0.5, 0.6) is 0 Å². The third-order valence-electron chi connectivity index (χ3n) is 3.50. The van der Waals surface area contributed by atoms with Crippen LogP contribution in [0.15, 0.2) is 39.5 Å². The van der Waals surface area contributed by atoms with Crippen LogP contribution in [0.25, 0.3) is 11.0 Å². The van der Waals surface area contributed by atoms with Crippen molar-refractivity contribution in [1.29, 1.82) is 0 Å². The number of fused-ring (bicyclic) bond motifs is 1. The third kappa shape index (κ3) is 2.30. The zero-order valence-electron chi connectivity index (χ0n) is 12.3. The Morgan fingerprint density at radius 2 is 2.00 bits per heavy atom. The molecule has 0 amide bonds. The second kappa shape index (κ2) is 5.16. The molecule has 0 N–H and O–H groups in total. The van der Waals surface area contributed by atoms with Gasteiger partial charge in [-0.2, -0.15) is 9.78 Å². The maximum absolute atomic E-state index is 12.5. The Labute approximate surface area is 129 Å². The second-order valence-corrected chi connectivity index (χ2v) is 4.98.